The Kier molecular flexibility index (Phi) is 4.37. The molecule has 2 aromatic rings. The first-order valence-corrected chi connectivity index (χ1v) is 6.52. The van der Waals surface area contributed by atoms with Gasteiger partial charge in [0.1, 0.15) is 17.2 Å². The summed E-state index contributed by atoms with van der Waals surface area (Å²) in [6.07, 6.45) is -3.45. The van der Waals surface area contributed by atoms with Crippen LogP contribution >= 0.6 is 11.6 Å². The zero-order valence-electron chi connectivity index (χ0n) is 11.3. The third-order valence-corrected chi connectivity index (χ3v) is 3.05. The van der Waals surface area contributed by atoms with Crippen molar-refractivity contribution in [1.82, 2.24) is 9.97 Å². The molecule has 0 N–H and O–H groups in total. The predicted octanol–water partition coefficient (Wildman–Crippen LogP) is 4.82. The van der Waals surface area contributed by atoms with Crippen LogP contribution in [0.2, 0.25) is 5.15 Å². The molecule has 21 heavy (non-hydrogen) atoms. The first-order valence-electron chi connectivity index (χ1n) is 6.14. The highest BCUT2D eigenvalue weighted by Gasteiger charge is 2.31. The lowest BCUT2D eigenvalue weighted by Crippen LogP contribution is -2.17. The lowest BCUT2D eigenvalue weighted by Gasteiger charge is -2.14. The summed E-state index contributed by atoms with van der Waals surface area (Å²) in [6, 6.07) is 5.62. The number of alkyl halides is 3. The van der Waals surface area contributed by atoms with Crippen molar-refractivity contribution in [2.24, 2.45) is 0 Å². The van der Waals surface area contributed by atoms with Gasteiger partial charge in [-0.05, 0) is 18.1 Å². The van der Waals surface area contributed by atoms with Crippen LogP contribution in [0.25, 0.3) is 11.3 Å². The SMILES string of the molecule is CC(C)c1c(Cl)ncnc1-c1cccc(OC(F)(F)F)c1. The molecule has 0 aliphatic heterocycles. The van der Waals surface area contributed by atoms with Crippen molar-refractivity contribution in [2.75, 3.05) is 0 Å². The number of ether oxygens (including phenoxy) is 1. The second kappa shape index (κ2) is 5.89. The standard InChI is InChI=1S/C14H12ClF3N2O/c1-8(2)11-12(19-7-20-13(11)15)9-4-3-5-10(6-9)21-14(16,17)18/h3-8H,1-2H3. The fraction of sp³-hybridized carbons (Fsp3) is 0.286. The van der Waals surface area contributed by atoms with Gasteiger partial charge in [0.15, 0.2) is 0 Å². The first kappa shape index (κ1) is 15.6. The van der Waals surface area contributed by atoms with Crippen molar-refractivity contribution in [2.45, 2.75) is 26.1 Å². The second-order valence-electron chi connectivity index (χ2n) is 4.66. The molecule has 1 heterocycles. The van der Waals surface area contributed by atoms with Crippen molar-refractivity contribution in [3.8, 4) is 17.0 Å². The van der Waals surface area contributed by atoms with Crippen LogP contribution in [0.15, 0.2) is 30.6 Å². The van der Waals surface area contributed by atoms with Crippen LogP contribution in [0.3, 0.4) is 0 Å². The van der Waals surface area contributed by atoms with Gasteiger partial charge in [-0.25, -0.2) is 9.97 Å². The Bertz CT molecular complexity index is 644. The van der Waals surface area contributed by atoms with Crippen LogP contribution in [-0.2, 0) is 0 Å². The van der Waals surface area contributed by atoms with E-state index in [9.17, 15) is 13.2 Å². The maximum atomic E-state index is 12.3. The fourth-order valence-corrected chi connectivity index (χ4v) is 2.31. The molecule has 3 nitrogen and oxygen atoms in total. The van der Waals surface area contributed by atoms with Gasteiger partial charge >= 0.3 is 6.36 Å². The Morgan fingerprint density at radius 2 is 1.90 bits per heavy atom. The van der Waals surface area contributed by atoms with Crippen molar-refractivity contribution in [3.63, 3.8) is 0 Å². The topological polar surface area (TPSA) is 35.0 Å². The molecule has 1 aromatic carbocycles. The van der Waals surface area contributed by atoms with Gasteiger partial charge in [0.25, 0.3) is 0 Å². The Labute approximate surface area is 124 Å². The largest absolute Gasteiger partial charge is 0.573 e. The van der Waals surface area contributed by atoms with E-state index in [2.05, 4.69) is 14.7 Å². The lowest BCUT2D eigenvalue weighted by atomic mass is 9.98. The zero-order chi connectivity index (χ0) is 15.6. The van der Waals surface area contributed by atoms with Gasteiger partial charge in [0.2, 0.25) is 0 Å². The van der Waals surface area contributed by atoms with E-state index in [1.165, 1.54) is 24.5 Å². The summed E-state index contributed by atoms with van der Waals surface area (Å²) in [4.78, 5) is 8.05. The van der Waals surface area contributed by atoms with E-state index in [0.717, 1.165) is 0 Å². The molecule has 0 unspecified atom stereocenters. The van der Waals surface area contributed by atoms with Crippen LogP contribution in [0.1, 0.15) is 25.3 Å². The second-order valence-corrected chi connectivity index (χ2v) is 5.02. The Hall–Kier alpha value is -1.82. The maximum absolute atomic E-state index is 12.3. The van der Waals surface area contributed by atoms with Gasteiger partial charge in [0.05, 0.1) is 5.69 Å². The Morgan fingerprint density at radius 3 is 2.52 bits per heavy atom. The van der Waals surface area contributed by atoms with Gasteiger partial charge < -0.3 is 4.74 Å². The van der Waals surface area contributed by atoms with Crippen molar-refractivity contribution >= 4 is 11.6 Å². The summed E-state index contributed by atoms with van der Waals surface area (Å²) >= 11 is 6.06. The molecule has 0 amide bonds. The number of aromatic nitrogens is 2. The van der Waals surface area contributed by atoms with E-state index in [4.69, 9.17) is 11.6 Å². The lowest BCUT2D eigenvalue weighted by molar-refractivity contribution is -0.274. The molecular weight excluding hydrogens is 305 g/mol. The number of benzene rings is 1. The van der Waals surface area contributed by atoms with Gasteiger partial charge in [-0.3, -0.25) is 0 Å². The molecule has 112 valence electrons. The number of halogens is 4. The quantitative estimate of drug-likeness (QED) is 0.761. The van der Waals surface area contributed by atoms with Crippen LogP contribution in [-0.4, -0.2) is 16.3 Å². The molecule has 0 spiro atoms. The molecule has 1 aromatic heterocycles. The zero-order valence-corrected chi connectivity index (χ0v) is 12.0. The third-order valence-electron chi connectivity index (χ3n) is 2.75. The summed E-state index contributed by atoms with van der Waals surface area (Å²) in [5.74, 6) is -0.273. The van der Waals surface area contributed by atoms with Crippen LogP contribution < -0.4 is 4.74 Å². The van der Waals surface area contributed by atoms with Crippen molar-refractivity contribution in [3.05, 3.63) is 41.3 Å². The van der Waals surface area contributed by atoms with Crippen LogP contribution in [0, 0.1) is 0 Å². The molecular formula is C14H12ClF3N2O. The molecule has 0 aliphatic carbocycles. The van der Waals surface area contributed by atoms with E-state index in [0.29, 0.717) is 16.8 Å². The van der Waals surface area contributed by atoms with E-state index in [1.807, 2.05) is 13.8 Å². The molecule has 0 saturated carbocycles. The molecule has 0 saturated heterocycles. The molecule has 0 fully saturated rings. The summed E-state index contributed by atoms with van der Waals surface area (Å²) in [5.41, 5.74) is 1.67. The van der Waals surface area contributed by atoms with Gasteiger partial charge in [-0.1, -0.05) is 37.6 Å². The average molecular weight is 317 g/mol. The van der Waals surface area contributed by atoms with Gasteiger partial charge in [-0.2, -0.15) is 0 Å². The predicted molar refractivity (Wildman–Crippen MR) is 73.3 cm³/mol. The van der Waals surface area contributed by atoms with E-state index in [1.54, 1.807) is 6.07 Å². The van der Waals surface area contributed by atoms with Gasteiger partial charge in [-0.15, -0.1) is 13.2 Å². The van der Waals surface area contributed by atoms with Crippen LogP contribution in [0.5, 0.6) is 5.75 Å². The van der Waals surface area contributed by atoms with Crippen molar-refractivity contribution < 1.29 is 17.9 Å². The Morgan fingerprint density at radius 1 is 1.19 bits per heavy atom. The summed E-state index contributed by atoms with van der Waals surface area (Å²) in [5, 5.41) is 0.289. The molecule has 0 atom stereocenters. The molecule has 2 rings (SSSR count). The van der Waals surface area contributed by atoms with Crippen molar-refractivity contribution in [1.29, 1.82) is 0 Å². The van der Waals surface area contributed by atoms with E-state index < -0.39 is 6.36 Å². The van der Waals surface area contributed by atoms with E-state index in [-0.39, 0.29) is 16.8 Å². The minimum Gasteiger partial charge on any atom is -0.406 e. The first-order chi connectivity index (χ1) is 9.78. The highest BCUT2D eigenvalue weighted by atomic mass is 35.5. The molecule has 0 bridgehead atoms. The Balaban J connectivity index is 2.48. The number of nitrogens with zero attached hydrogens (tertiary/aromatic N) is 2. The van der Waals surface area contributed by atoms with Gasteiger partial charge in [0, 0.05) is 11.1 Å². The van der Waals surface area contributed by atoms with E-state index >= 15 is 0 Å². The third kappa shape index (κ3) is 3.85. The highest BCUT2D eigenvalue weighted by Crippen LogP contribution is 2.33. The minimum absolute atomic E-state index is 0.0286. The molecule has 0 radical (unpaired) electrons. The molecule has 0 aliphatic rings. The summed E-state index contributed by atoms with van der Waals surface area (Å²) < 4.78 is 40.8. The average Bonchev–Trinajstić information content (AvgIpc) is 2.36. The maximum Gasteiger partial charge on any atom is 0.573 e. The fourth-order valence-electron chi connectivity index (χ4n) is 1.96. The number of rotatable bonds is 3. The minimum atomic E-state index is -4.73. The normalized spacial score (nSPS) is 11.8. The summed E-state index contributed by atoms with van der Waals surface area (Å²) in [7, 11) is 0. The monoisotopic (exact) mass is 316 g/mol. The highest BCUT2D eigenvalue weighted by molar-refractivity contribution is 6.30. The summed E-state index contributed by atoms with van der Waals surface area (Å²) in [6.45, 7) is 3.81. The van der Waals surface area contributed by atoms with Crippen LogP contribution in [0.4, 0.5) is 13.2 Å². The number of hydrogen-bond acceptors (Lipinski definition) is 3. The number of hydrogen-bond donors (Lipinski definition) is 0. The smallest absolute Gasteiger partial charge is 0.406 e. The molecule has 7 heteroatoms.